The van der Waals surface area contributed by atoms with E-state index in [-0.39, 0.29) is 17.4 Å². The predicted molar refractivity (Wildman–Crippen MR) is 107 cm³/mol. The van der Waals surface area contributed by atoms with Gasteiger partial charge in [0.25, 0.3) is 0 Å². The first-order valence-electron chi connectivity index (χ1n) is 8.91. The van der Waals surface area contributed by atoms with Gasteiger partial charge in [-0.3, -0.25) is 0 Å². The average molecular weight is 363 g/mol. The lowest BCUT2D eigenvalue weighted by atomic mass is 10.1. The summed E-state index contributed by atoms with van der Waals surface area (Å²) in [6, 6.07) is 23.4. The smallest absolute Gasteiger partial charge is 0.407 e. The van der Waals surface area contributed by atoms with Crippen molar-refractivity contribution < 1.29 is 9.53 Å². The Hall–Kier alpha value is -2.46. The van der Waals surface area contributed by atoms with E-state index < -0.39 is 0 Å². The molecule has 4 heteroatoms. The third-order valence-corrected chi connectivity index (χ3v) is 6.09. The molecule has 26 heavy (non-hydrogen) atoms. The van der Waals surface area contributed by atoms with Crippen molar-refractivity contribution in [1.29, 1.82) is 0 Å². The highest BCUT2D eigenvalue weighted by Crippen LogP contribution is 2.45. The zero-order valence-corrected chi connectivity index (χ0v) is 15.5. The SMILES string of the molecule is CCOC(=O)NC1Cc2ccccc2C1Sc1ccc2ccccc2c1. The summed E-state index contributed by atoms with van der Waals surface area (Å²) in [6.07, 6.45) is 0.495. The Morgan fingerprint density at radius 1 is 1.08 bits per heavy atom. The van der Waals surface area contributed by atoms with Crippen molar-refractivity contribution in [3.63, 3.8) is 0 Å². The van der Waals surface area contributed by atoms with Crippen LogP contribution < -0.4 is 5.32 Å². The summed E-state index contributed by atoms with van der Waals surface area (Å²) in [6.45, 7) is 2.21. The van der Waals surface area contributed by atoms with Crippen LogP contribution >= 0.6 is 11.8 Å². The normalized spacial score (nSPS) is 18.5. The number of nitrogens with one attached hydrogen (secondary N) is 1. The largest absolute Gasteiger partial charge is 0.450 e. The van der Waals surface area contributed by atoms with Crippen molar-refractivity contribution in [3.8, 4) is 0 Å². The highest BCUT2D eigenvalue weighted by atomic mass is 32.2. The number of alkyl carbamates (subject to hydrolysis) is 1. The molecular formula is C22H21NO2S. The molecule has 0 aliphatic heterocycles. The molecule has 1 aliphatic carbocycles. The van der Waals surface area contributed by atoms with Gasteiger partial charge in [-0.1, -0.05) is 54.6 Å². The van der Waals surface area contributed by atoms with Crippen LogP contribution in [-0.2, 0) is 11.2 Å². The lowest BCUT2D eigenvalue weighted by Gasteiger charge is -2.21. The molecule has 2 unspecified atom stereocenters. The molecule has 3 aromatic carbocycles. The molecule has 0 radical (unpaired) electrons. The number of hydrogen-bond acceptors (Lipinski definition) is 3. The molecule has 0 aromatic heterocycles. The van der Waals surface area contributed by atoms with E-state index in [1.807, 2.05) is 6.92 Å². The number of amides is 1. The summed E-state index contributed by atoms with van der Waals surface area (Å²) < 4.78 is 5.10. The van der Waals surface area contributed by atoms with Crippen LogP contribution in [0.4, 0.5) is 4.79 Å². The third-order valence-electron chi connectivity index (χ3n) is 4.73. The van der Waals surface area contributed by atoms with E-state index >= 15 is 0 Å². The Morgan fingerprint density at radius 2 is 1.85 bits per heavy atom. The number of thioether (sulfide) groups is 1. The van der Waals surface area contributed by atoms with Crippen LogP contribution in [0, 0.1) is 0 Å². The summed E-state index contributed by atoms with van der Waals surface area (Å²) >= 11 is 1.81. The molecule has 132 valence electrons. The van der Waals surface area contributed by atoms with Crippen molar-refractivity contribution in [2.75, 3.05) is 6.61 Å². The lowest BCUT2D eigenvalue weighted by molar-refractivity contribution is 0.148. The van der Waals surface area contributed by atoms with Gasteiger partial charge in [-0.15, -0.1) is 11.8 Å². The van der Waals surface area contributed by atoms with E-state index in [0.29, 0.717) is 6.61 Å². The van der Waals surface area contributed by atoms with Crippen molar-refractivity contribution in [2.45, 2.75) is 29.5 Å². The van der Waals surface area contributed by atoms with Gasteiger partial charge in [0.15, 0.2) is 0 Å². The van der Waals surface area contributed by atoms with Gasteiger partial charge in [-0.25, -0.2) is 4.79 Å². The van der Waals surface area contributed by atoms with Gasteiger partial charge in [0.1, 0.15) is 0 Å². The monoisotopic (exact) mass is 363 g/mol. The maximum atomic E-state index is 12.0. The minimum Gasteiger partial charge on any atom is -0.450 e. The van der Waals surface area contributed by atoms with Crippen LogP contribution in [0.2, 0.25) is 0 Å². The summed E-state index contributed by atoms with van der Waals surface area (Å²) in [5.41, 5.74) is 2.60. The fourth-order valence-corrected chi connectivity index (χ4v) is 4.86. The van der Waals surface area contributed by atoms with E-state index in [1.165, 1.54) is 26.8 Å². The van der Waals surface area contributed by atoms with E-state index in [2.05, 4.69) is 72.0 Å². The number of carbonyl (C=O) groups excluding carboxylic acids is 1. The van der Waals surface area contributed by atoms with Crippen LogP contribution in [0.25, 0.3) is 10.8 Å². The zero-order valence-electron chi connectivity index (χ0n) is 14.6. The van der Waals surface area contributed by atoms with Crippen molar-refractivity contribution in [3.05, 3.63) is 77.9 Å². The Labute approximate surface area is 157 Å². The minimum absolute atomic E-state index is 0.0305. The third kappa shape index (κ3) is 3.42. The second-order valence-electron chi connectivity index (χ2n) is 6.42. The van der Waals surface area contributed by atoms with Gasteiger partial charge in [0.2, 0.25) is 0 Å². The van der Waals surface area contributed by atoms with Gasteiger partial charge in [0.05, 0.1) is 17.9 Å². The van der Waals surface area contributed by atoms with Crippen LogP contribution in [0.5, 0.6) is 0 Å². The molecule has 0 fully saturated rings. The number of fused-ring (bicyclic) bond motifs is 2. The molecule has 0 saturated heterocycles. The fourth-order valence-electron chi connectivity index (χ4n) is 3.54. The molecule has 0 saturated carbocycles. The van der Waals surface area contributed by atoms with Crippen molar-refractivity contribution in [1.82, 2.24) is 5.32 Å². The lowest BCUT2D eigenvalue weighted by Crippen LogP contribution is -2.37. The number of carbonyl (C=O) groups is 1. The summed E-state index contributed by atoms with van der Waals surface area (Å²) in [5.74, 6) is 0. The van der Waals surface area contributed by atoms with Crippen LogP contribution in [0.3, 0.4) is 0 Å². The molecular weight excluding hydrogens is 342 g/mol. The molecule has 3 nitrogen and oxygen atoms in total. The molecule has 3 aromatic rings. The molecule has 0 spiro atoms. The highest BCUT2D eigenvalue weighted by molar-refractivity contribution is 7.99. The predicted octanol–water partition coefficient (Wildman–Crippen LogP) is 5.34. The van der Waals surface area contributed by atoms with Gasteiger partial charge in [0, 0.05) is 4.90 Å². The van der Waals surface area contributed by atoms with E-state index in [0.717, 1.165) is 6.42 Å². The van der Waals surface area contributed by atoms with Gasteiger partial charge in [-0.05, 0) is 47.4 Å². The minimum atomic E-state index is -0.339. The summed E-state index contributed by atoms with van der Waals surface area (Å²) in [5, 5.41) is 5.71. The van der Waals surface area contributed by atoms with Crippen molar-refractivity contribution in [2.24, 2.45) is 0 Å². The summed E-state index contributed by atoms with van der Waals surface area (Å²) in [4.78, 5) is 13.2. The van der Waals surface area contributed by atoms with E-state index in [4.69, 9.17) is 4.74 Å². The standard InChI is InChI=1S/C22H21NO2S/c1-2-25-22(24)23-20-14-17-9-5-6-10-19(17)21(20)26-18-12-11-15-7-3-4-8-16(15)13-18/h3-13,20-21H,2,14H2,1H3,(H,23,24). The Bertz CT molecular complexity index is 940. The number of hydrogen-bond donors (Lipinski definition) is 1. The van der Waals surface area contributed by atoms with E-state index in [9.17, 15) is 4.79 Å². The van der Waals surface area contributed by atoms with Gasteiger partial charge >= 0.3 is 6.09 Å². The number of rotatable bonds is 4. The van der Waals surface area contributed by atoms with Gasteiger partial charge in [-0.2, -0.15) is 0 Å². The van der Waals surface area contributed by atoms with Crippen LogP contribution in [0.15, 0.2) is 71.6 Å². The molecule has 0 bridgehead atoms. The topological polar surface area (TPSA) is 38.3 Å². The molecule has 2 atom stereocenters. The first-order chi connectivity index (χ1) is 12.7. The highest BCUT2D eigenvalue weighted by Gasteiger charge is 2.34. The number of ether oxygens (including phenoxy) is 1. The second-order valence-corrected chi connectivity index (χ2v) is 7.64. The summed E-state index contributed by atoms with van der Waals surface area (Å²) in [7, 11) is 0. The first kappa shape index (κ1) is 17.0. The Balaban J connectivity index is 1.62. The molecule has 1 aliphatic rings. The molecule has 1 amide bonds. The zero-order chi connectivity index (χ0) is 17.9. The van der Waals surface area contributed by atoms with Crippen LogP contribution in [0.1, 0.15) is 23.3 Å². The average Bonchev–Trinajstić information content (AvgIpc) is 2.99. The quantitative estimate of drug-likeness (QED) is 0.679. The maximum absolute atomic E-state index is 12.0. The number of benzene rings is 3. The maximum Gasteiger partial charge on any atom is 0.407 e. The second kappa shape index (κ2) is 7.42. The molecule has 0 heterocycles. The first-order valence-corrected chi connectivity index (χ1v) is 9.79. The molecule has 4 rings (SSSR count). The molecule has 1 N–H and O–H groups in total. The van der Waals surface area contributed by atoms with E-state index in [1.54, 1.807) is 11.8 Å². The van der Waals surface area contributed by atoms with Crippen LogP contribution in [-0.4, -0.2) is 18.7 Å². The Kier molecular flexibility index (Phi) is 4.85. The fraction of sp³-hybridized carbons (Fsp3) is 0.227. The van der Waals surface area contributed by atoms with Crippen molar-refractivity contribution >= 4 is 28.6 Å². The Morgan fingerprint density at radius 3 is 2.69 bits per heavy atom. The van der Waals surface area contributed by atoms with Gasteiger partial charge < -0.3 is 10.1 Å².